The fourth-order valence-corrected chi connectivity index (χ4v) is 12.9. The van der Waals surface area contributed by atoms with Gasteiger partial charge in [0.1, 0.15) is 6.04 Å². The lowest BCUT2D eigenvalue weighted by Gasteiger charge is -2.61. The molecular formula is C41H60N8O8. The molecule has 4 aliphatic carbocycles. The van der Waals surface area contributed by atoms with Gasteiger partial charge in [-0.2, -0.15) is 0 Å². The summed E-state index contributed by atoms with van der Waals surface area (Å²) in [4.78, 5) is 42.2. The van der Waals surface area contributed by atoms with Crippen LogP contribution in [0.4, 0.5) is 11.4 Å². The second-order valence-electron chi connectivity index (χ2n) is 18.3. The number of carbonyl (C=O) groups excluding carboxylic acids is 1. The van der Waals surface area contributed by atoms with E-state index in [1.807, 2.05) is 11.8 Å². The molecule has 312 valence electrons. The minimum atomic E-state index is -0.810. The number of aromatic nitrogens is 2. The number of amides is 1. The molecule has 0 bridgehead atoms. The Balaban J connectivity index is 0.940. The van der Waals surface area contributed by atoms with E-state index in [0.29, 0.717) is 80.0 Å². The number of fused-ring (bicyclic) bond motifs is 6. The largest absolute Gasteiger partial charge is 0.481 e. The lowest BCUT2D eigenvalue weighted by atomic mass is 9.44. The molecule has 0 spiro atoms. The van der Waals surface area contributed by atoms with E-state index in [4.69, 9.17) is 19.6 Å². The van der Waals surface area contributed by atoms with Crippen LogP contribution in [0.3, 0.4) is 0 Å². The van der Waals surface area contributed by atoms with Gasteiger partial charge in [0.25, 0.3) is 0 Å². The molecule has 5 fully saturated rings. The zero-order valence-electron chi connectivity index (χ0n) is 33.9. The number of carboxylic acids is 1. The van der Waals surface area contributed by atoms with Gasteiger partial charge in [-0.15, -0.1) is 0 Å². The summed E-state index contributed by atoms with van der Waals surface area (Å²) >= 11 is 0. The standard InChI is InChI=1S/C41H60N8O8/c1-24(22-29(39(51)52)25(2)56-21-20-55-19-17-43-47-42)30-9-10-31-28-8-7-26-23-27(13-15-40(26,3)32(28)14-16-41(30,31)4)44-38(50)35-6-5-18-48(35)33-11-12-34(49(53)54)37-36(33)45-57-46-37/h11-12,24-32,35H,5-10,13-23H2,1-4H3,(H,44,50)(H,51,52)/t24-,25?,26-,27-,28?,29?,30?,31?,32?,35?,40+,41-/m1/s1. The summed E-state index contributed by atoms with van der Waals surface area (Å²) in [7, 11) is 0. The van der Waals surface area contributed by atoms with E-state index in [1.165, 1.54) is 38.2 Å². The smallest absolute Gasteiger partial charge is 0.309 e. The number of hydrogen-bond donors (Lipinski definition) is 2. The summed E-state index contributed by atoms with van der Waals surface area (Å²) in [6, 6.07) is 2.81. The first-order chi connectivity index (χ1) is 27.4. The van der Waals surface area contributed by atoms with Gasteiger partial charge in [-0.1, -0.05) is 25.9 Å². The average Bonchev–Trinajstić information content (AvgIpc) is 3.95. The number of azide groups is 1. The van der Waals surface area contributed by atoms with Crippen molar-refractivity contribution in [3.8, 4) is 0 Å². The first kappa shape index (κ1) is 41.2. The number of benzene rings is 1. The summed E-state index contributed by atoms with van der Waals surface area (Å²) in [5.41, 5.74) is 9.72. The summed E-state index contributed by atoms with van der Waals surface area (Å²) < 4.78 is 16.3. The minimum absolute atomic E-state index is 0.0105. The average molecular weight is 793 g/mol. The predicted molar refractivity (Wildman–Crippen MR) is 211 cm³/mol. The third kappa shape index (κ3) is 7.93. The van der Waals surface area contributed by atoms with E-state index >= 15 is 0 Å². The van der Waals surface area contributed by atoms with E-state index < -0.39 is 22.9 Å². The summed E-state index contributed by atoms with van der Waals surface area (Å²) in [6.45, 7) is 11.0. The van der Waals surface area contributed by atoms with Crippen LogP contribution in [0.2, 0.25) is 0 Å². The molecule has 1 aliphatic heterocycles. The summed E-state index contributed by atoms with van der Waals surface area (Å²) in [5, 5.41) is 36.5. The topological polar surface area (TPSA) is 219 Å². The Morgan fingerprint density at radius 3 is 2.61 bits per heavy atom. The molecule has 0 radical (unpaired) electrons. The third-order valence-electron chi connectivity index (χ3n) is 15.7. The van der Waals surface area contributed by atoms with Gasteiger partial charge in [-0.25, -0.2) is 4.63 Å². The molecule has 5 aliphatic rings. The number of hydrogen-bond acceptors (Lipinski definition) is 11. The highest BCUT2D eigenvalue weighted by atomic mass is 16.6. The Bertz CT molecular complexity index is 1840. The molecule has 1 amide bonds. The number of rotatable bonds is 16. The second kappa shape index (κ2) is 17.1. The Morgan fingerprint density at radius 1 is 1.07 bits per heavy atom. The Hall–Kier alpha value is -4.01. The van der Waals surface area contributed by atoms with E-state index in [9.17, 15) is 24.8 Å². The first-order valence-electron chi connectivity index (χ1n) is 21.3. The Kier molecular flexibility index (Phi) is 12.3. The number of nitrogens with zero attached hydrogens (tertiary/aromatic N) is 7. The molecule has 2 aromatic rings. The molecular weight excluding hydrogens is 732 g/mol. The van der Waals surface area contributed by atoms with Crippen molar-refractivity contribution in [3.63, 3.8) is 0 Å². The number of aliphatic carboxylic acids is 1. The zero-order chi connectivity index (χ0) is 40.5. The van der Waals surface area contributed by atoms with E-state index in [2.05, 4.69) is 46.4 Å². The minimum Gasteiger partial charge on any atom is -0.481 e. The monoisotopic (exact) mass is 792 g/mol. The van der Waals surface area contributed by atoms with Crippen LogP contribution in [0.15, 0.2) is 21.9 Å². The van der Waals surface area contributed by atoms with Crippen LogP contribution >= 0.6 is 0 Å². The Labute approximate surface area is 333 Å². The predicted octanol–water partition coefficient (Wildman–Crippen LogP) is 7.70. The van der Waals surface area contributed by atoms with Gasteiger partial charge in [-0.05, 0) is 152 Å². The van der Waals surface area contributed by atoms with Crippen molar-refractivity contribution >= 4 is 34.3 Å². The maximum atomic E-state index is 13.9. The number of nitro benzene ring substituents is 1. The first-order valence-corrected chi connectivity index (χ1v) is 21.3. The van der Waals surface area contributed by atoms with E-state index in [-0.39, 0.29) is 52.5 Å². The summed E-state index contributed by atoms with van der Waals surface area (Å²) in [5.74, 6) is 1.92. The molecule has 1 saturated heterocycles. The van der Waals surface area contributed by atoms with Crippen LogP contribution in [0, 0.1) is 62.4 Å². The van der Waals surface area contributed by atoms with Crippen molar-refractivity contribution in [2.24, 2.45) is 57.4 Å². The van der Waals surface area contributed by atoms with Crippen LogP contribution in [0.5, 0.6) is 0 Å². The van der Waals surface area contributed by atoms with Gasteiger partial charge in [0, 0.05) is 30.1 Å². The SMILES string of the molecule is CC(OCCOCCN=[N+]=[N-])C(C[C@@H](C)C1CCC2C3CC[C@@H]4C[C@H](NC(=O)C5CCCN5c5ccc([N+](=O)[O-])c6nonc56)CC[C@]4(C)C3CC[C@@]21C)C(=O)O. The maximum Gasteiger partial charge on any atom is 0.309 e. The lowest BCUT2D eigenvalue weighted by Crippen LogP contribution is -2.56. The normalized spacial score (nSPS) is 33.7. The van der Waals surface area contributed by atoms with Gasteiger partial charge in [0.2, 0.25) is 11.4 Å². The zero-order valence-corrected chi connectivity index (χ0v) is 33.9. The highest BCUT2D eigenvalue weighted by Gasteiger charge is 2.61. The van der Waals surface area contributed by atoms with Crippen LogP contribution in [-0.4, -0.2) is 83.3 Å². The molecule has 1 aromatic carbocycles. The van der Waals surface area contributed by atoms with Crippen molar-refractivity contribution in [3.05, 3.63) is 32.7 Å². The molecule has 2 heterocycles. The van der Waals surface area contributed by atoms with Crippen LogP contribution in [0.25, 0.3) is 21.5 Å². The van der Waals surface area contributed by atoms with Crippen LogP contribution in [-0.2, 0) is 19.1 Å². The quantitative estimate of drug-likeness (QED) is 0.0419. The molecule has 7 unspecified atom stereocenters. The number of non-ortho nitro benzene ring substituents is 1. The highest BCUT2D eigenvalue weighted by molar-refractivity contribution is 5.96. The molecule has 2 N–H and O–H groups in total. The van der Waals surface area contributed by atoms with Crippen molar-refractivity contribution < 1.29 is 33.7 Å². The van der Waals surface area contributed by atoms with Gasteiger partial charge >= 0.3 is 11.7 Å². The fraction of sp³-hybridized carbons (Fsp3) is 0.805. The van der Waals surface area contributed by atoms with Gasteiger partial charge in [0.05, 0.1) is 42.5 Å². The van der Waals surface area contributed by atoms with Gasteiger partial charge in [-0.3, -0.25) is 19.7 Å². The molecule has 7 rings (SSSR count). The van der Waals surface area contributed by atoms with E-state index in [0.717, 1.165) is 32.1 Å². The molecule has 57 heavy (non-hydrogen) atoms. The van der Waals surface area contributed by atoms with Crippen molar-refractivity contribution in [2.75, 3.05) is 37.8 Å². The molecule has 4 saturated carbocycles. The molecule has 1 aromatic heterocycles. The fourth-order valence-electron chi connectivity index (χ4n) is 12.9. The molecule has 16 heteroatoms. The van der Waals surface area contributed by atoms with Crippen LogP contribution in [0.1, 0.15) is 105 Å². The molecule has 12 atom stereocenters. The van der Waals surface area contributed by atoms with Crippen molar-refractivity contribution in [1.82, 2.24) is 15.6 Å². The number of carboxylic acid groups (broad SMARTS) is 1. The lowest BCUT2D eigenvalue weighted by molar-refractivity contribution is -0.383. The number of ether oxygens (including phenoxy) is 2. The highest BCUT2D eigenvalue weighted by Crippen LogP contribution is 2.68. The number of nitrogens with one attached hydrogen (secondary N) is 1. The third-order valence-corrected chi connectivity index (χ3v) is 15.7. The van der Waals surface area contributed by atoms with Gasteiger partial charge < -0.3 is 24.8 Å². The number of carbonyl (C=O) groups is 2. The second-order valence-corrected chi connectivity index (χ2v) is 18.3. The van der Waals surface area contributed by atoms with Crippen LogP contribution < -0.4 is 10.2 Å². The van der Waals surface area contributed by atoms with Crippen molar-refractivity contribution in [2.45, 2.75) is 123 Å². The number of nitro groups is 1. The molecule has 16 nitrogen and oxygen atoms in total. The summed E-state index contributed by atoms with van der Waals surface area (Å²) in [6.07, 6.45) is 11.9. The maximum absolute atomic E-state index is 13.9. The number of anilines is 1. The van der Waals surface area contributed by atoms with Crippen molar-refractivity contribution in [1.29, 1.82) is 0 Å². The van der Waals surface area contributed by atoms with E-state index in [1.54, 1.807) is 6.07 Å². The Morgan fingerprint density at radius 2 is 1.84 bits per heavy atom. The van der Waals surface area contributed by atoms with Gasteiger partial charge in [0.15, 0.2) is 5.52 Å².